The summed E-state index contributed by atoms with van der Waals surface area (Å²) in [7, 11) is 0. The molecular weight excluding hydrogens is 235 g/mol. The number of H-pyrrole nitrogens is 1. The third-order valence-corrected chi connectivity index (χ3v) is 2.35. The maximum atomic E-state index is 13.4. The molecule has 90 valence electrons. The Kier molecular flexibility index (Phi) is 2.76. The molecule has 1 heterocycles. The van der Waals surface area contributed by atoms with Gasteiger partial charge in [-0.1, -0.05) is 6.07 Å². The summed E-state index contributed by atoms with van der Waals surface area (Å²) in [6, 6.07) is 1.68. The van der Waals surface area contributed by atoms with E-state index in [9.17, 15) is 18.3 Å². The molecule has 1 aromatic heterocycles. The topological polar surface area (TPSA) is 74.9 Å². The Balaban J connectivity index is 2.48. The molecule has 0 aliphatic heterocycles. The number of hydrogen-bond acceptors (Lipinski definition) is 3. The van der Waals surface area contributed by atoms with Gasteiger partial charge in [0.05, 0.1) is 6.20 Å². The van der Waals surface area contributed by atoms with E-state index >= 15 is 0 Å². The first-order valence-electron chi connectivity index (χ1n) is 4.62. The van der Waals surface area contributed by atoms with Crippen molar-refractivity contribution in [1.29, 1.82) is 0 Å². The van der Waals surface area contributed by atoms with Crippen molar-refractivity contribution in [2.75, 3.05) is 5.73 Å². The van der Waals surface area contributed by atoms with Gasteiger partial charge in [-0.3, -0.25) is 5.10 Å². The van der Waals surface area contributed by atoms with Crippen LogP contribution >= 0.6 is 0 Å². The molecule has 17 heavy (non-hydrogen) atoms. The smallest absolute Gasteiger partial charge is 0.194 e. The molecule has 2 aromatic rings. The van der Waals surface area contributed by atoms with Crippen molar-refractivity contribution < 1.29 is 18.3 Å². The minimum atomic E-state index is -1.64. The quantitative estimate of drug-likeness (QED) is 0.699. The molecule has 0 aliphatic carbocycles. The summed E-state index contributed by atoms with van der Waals surface area (Å²) in [4.78, 5) is 0. The number of anilines is 1. The standard InChI is InChI=1S/C10H8F3N3O/c11-6-2-1-4(7(12)8(6)13)9(17)5-3-15-16-10(5)14/h1-3,9,17H,(H3,14,15,16). The average molecular weight is 243 g/mol. The number of nitrogens with two attached hydrogens (primary N) is 1. The predicted octanol–water partition coefficient (Wildman–Crippen LogP) is 1.49. The first-order chi connectivity index (χ1) is 8.02. The monoisotopic (exact) mass is 243 g/mol. The summed E-state index contributed by atoms with van der Waals surface area (Å²) in [5.41, 5.74) is 5.12. The van der Waals surface area contributed by atoms with Crippen molar-refractivity contribution in [3.05, 3.63) is 46.9 Å². The molecule has 4 N–H and O–H groups in total. The highest BCUT2D eigenvalue weighted by Gasteiger charge is 2.22. The maximum absolute atomic E-state index is 13.4. The van der Waals surface area contributed by atoms with E-state index in [1.165, 1.54) is 6.20 Å². The zero-order valence-electron chi connectivity index (χ0n) is 8.42. The number of aromatic amines is 1. The van der Waals surface area contributed by atoms with Crippen LogP contribution in [-0.4, -0.2) is 15.3 Å². The van der Waals surface area contributed by atoms with Crippen LogP contribution in [0.4, 0.5) is 19.0 Å². The minimum absolute atomic E-state index is 0.0293. The van der Waals surface area contributed by atoms with Crippen LogP contribution in [0.15, 0.2) is 18.3 Å². The van der Waals surface area contributed by atoms with Gasteiger partial charge in [0.2, 0.25) is 0 Å². The van der Waals surface area contributed by atoms with Gasteiger partial charge in [0.15, 0.2) is 17.5 Å². The van der Waals surface area contributed by atoms with Gasteiger partial charge in [-0.2, -0.15) is 5.10 Å². The second kappa shape index (κ2) is 4.10. The van der Waals surface area contributed by atoms with Crippen LogP contribution in [0.1, 0.15) is 17.2 Å². The van der Waals surface area contributed by atoms with E-state index in [4.69, 9.17) is 5.73 Å². The Morgan fingerprint density at radius 1 is 1.18 bits per heavy atom. The Hall–Kier alpha value is -2.02. The van der Waals surface area contributed by atoms with Gasteiger partial charge in [-0.05, 0) is 6.07 Å². The lowest BCUT2D eigenvalue weighted by Crippen LogP contribution is -2.07. The van der Waals surface area contributed by atoms with Crippen LogP contribution < -0.4 is 5.73 Å². The average Bonchev–Trinajstić information content (AvgIpc) is 2.72. The van der Waals surface area contributed by atoms with Crippen LogP contribution in [0.5, 0.6) is 0 Å². The first kappa shape index (κ1) is 11.5. The number of rotatable bonds is 2. The van der Waals surface area contributed by atoms with E-state index in [-0.39, 0.29) is 11.4 Å². The Morgan fingerprint density at radius 3 is 2.47 bits per heavy atom. The zero-order valence-corrected chi connectivity index (χ0v) is 8.42. The maximum Gasteiger partial charge on any atom is 0.194 e. The molecule has 0 aliphatic rings. The fourth-order valence-electron chi connectivity index (χ4n) is 1.44. The molecule has 1 unspecified atom stereocenters. The van der Waals surface area contributed by atoms with Crippen molar-refractivity contribution in [1.82, 2.24) is 10.2 Å². The molecule has 4 nitrogen and oxygen atoms in total. The lowest BCUT2D eigenvalue weighted by Gasteiger charge is -2.11. The fourth-order valence-corrected chi connectivity index (χ4v) is 1.44. The molecule has 7 heteroatoms. The number of aromatic nitrogens is 2. The molecule has 0 radical (unpaired) electrons. The minimum Gasteiger partial charge on any atom is -0.384 e. The van der Waals surface area contributed by atoms with E-state index in [2.05, 4.69) is 10.2 Å². The fraction of sp³-hybridized carbons (Fsp3) is 0.100. The van der Waals surface area contributed by atoms with Gasteiger partial charge < -0.3 is 10.8 Å². The SMILES string of the molecule is Nc1[nH]ncc1C(O)c1ccc(F)c(F)c1F. The van der Waals surface area contributed by atoms with Crippen LogP contribution in [0.2, 0.25) is 0 Å². The Morgan fingerprint density at radius 2 is 1.88 bits per heavy atom. The molecular formula is C10H8F3N3O. The number of aliphatic hydroxyl groups is 1. The summed E-state index contributed by atoms with van der Waals surface area (Å²) in [6.45, 7) is 0. The molecule has 1 aromatic carbocycles. The number of nitrogen functional groups attached to an aromatic ring is 1. The second-order valence-electron chi connectivity index (χ2n) is 3.41. The van der Waals surface area contributed by atoms with E-state index in [1.54, 1.807) is 0 Å². The predicted molar refractivity (Wildman–Crippen MR) is 53.4 cm³/mol. The number of nitrogens with one attached hydrogen (secondary N) is 1. The van der Waals surface area contributed by atoms with Crippen LogP contribution in [0.25, 0.3) is 0 Å². The highest BCUT2D eigenvalue weighted by molar-refractivity contribution is 5.43. The molecule has 0 saturated heterocycles. The number of aliphatic hydroxyl groups excluding tert-OH is 1. The summed E-state index contributed by atoms with van der Waals surface area (Å²) < 4.78 is 39.1. The van der Waals surface area contributed by atoms with Gasteiger partial charge in [-0.25, -0.2) is 13.2 Å². The molecule has 0 amide bonds. The van der Waals surface area contributed by atoms with Gasteiger partial charge in [0.25, 0.3) is 0 Å². The van der Waals surface area contributed by atoms with E-state index < -0.39 is 29.1 Å². The van der Waals surface area contributed by atoms with Gasteiger partial charge in [0, 0.05) is 11.1 Å². The van der Waals surface area contributed by atoms with E-state index in [0.29, 0.717) is 0 Å². The Bertz CT molecular complexity index is 556. The summed E-state index contributed by atoms with van der Waals surface area (Å²) in [6.07, 6.45) is -0.329. The zero-order chi connectivity index (χ0) is 12.6. The largest absolute Gasteiger partial charge is 0.384 e. The van der Waals surface area contributed by atoms with E-state index in [1.807, 2.05) is 0 Å². The summed E-state index contributed by atoms with van der Waals surface area (Å²) in [5, 5.41) is 15.7. The van der Waals surface area contributed by atoms with Crippen molar-refractivity contribution >= 4 is 5.82 Å². The third-order valence-electron chi connectivity index (χ3n) is 2.35. The van der Waals surface area contributed by atoms with Crippen molar-refractivity contribution in [2.45, 2.75) is 6.10 Å². The van der Waals surface area contributed by atoms with Gasteiger partial charge in [-0.15, -0.1) is 0 Å². The molecule has 2 rings (SSSR count). The number of benzene rings is 1. The van der Waals surface area contributed by atoms with Crippen LogP contribution in [0.3, 0.4) is 0 Å². The normalized spacial score (nSPS) is 12.7. The molecule has 0 spiro atoms. The lowest BCUT2D eigenvalue weighted by atomic mass is 10.0. The third kappa shape index (κ3) is 1.84. The van der Waals surface area contributed by atoms with Gasteiger partial charge in [0.1, 0.15) is 11.9 Å². The van der Waals surface area contributed by atoms with E-state index in [0.717, 1.165) is 12.1 Å². The lowest BCUT2D eigenvalue weighted by molar-refractivity contribution is 0.213. The summed E-state index contributed by atoms with van der Waals surface area (Å²) in [5.74, 6) is -4.37. The highest BCUT2D eigenvalue weighted by atomic mass is 19.2. The van der Waals surface area contributed by atoms with Crippen LogP contribution in [0, 0.1) is 17.5 Å². The van der Waals surface area contributed by atoms with Crippen LogP contribution in [-0.2, 0) is 0 Å². The van der Waals surface area contributed by atoms with Crippen molar-refractivity contribution in [3.63, 3.8) is 0 Å². The first-order valence-corrected chi connectivity index (χ1v) is 4.62. The second-order valence-corrected chi connectivity index (χ2v) is 3.41. The highest BCUT2D eigenvalue weighted by Crippen LogP contribution is 2.28. The number of nitrogens with zero attached hydrogens (tertiary/aromatic N) is 1. The van der Waals surface area contributed by atoms with Gasteiger partial charge >= 0.3 is 0 Å². The number of hydrogen-bond donors (Lipinski definition) is 3. The molecule has 1 atom stereocenters. The Labute approximate surface area is 93.9 Å². The van der Waals surface area contributed by atoms with Crippen molar-refractivity contribution in [3.8, 4) is 0 Å². The molecule has 0 fully saturated rings. The van der Waals surface area contributed by atoms with Crippen molar-refractivity contribution in [2.24, 2.45) is 0 Å². The summed E-state index contributed by atoms with van der Waals surface area (Å²) >= 11 is 0. The number of halogens is 3. The molecule has 0 bridgehead atoms. The molecule has 0 saturated carbocycles.